The predicted octanol–water partition coefficient (Wildman–Crippen LogP) is 3.77. The number of hydrogen-bond acceptors (Lipinski definition) is 5. The van der Waals surface area contributed by atoms with Gasteiger partial charge in [-0.3, -0.25) is 4.79 Å². The fourth-order valence-corrected chi connectivity index (χ4v) is 3.33. The first-order valence-electron chi connectivity index (χ1n) is 9.37. The molecule has 1 atom stereocenters. The Morgan fingerprint density at radius 2 is 1.75 bits per heavy atom. The molecule has 148 valence electrons. The number of carbonyl (C=O) groups is 2. The van der Waals surface area contributed by atoms with Crippen LogP contribution in [0.15, 0.2) is 36.4 Å². The van der Waals surface area contributed by atoms with Gasteiger partial charge in [-0.1, -0.05) is 6.07 Å². The summed E-state index contributed by atoms with van der Waals surface area (Å²) >= 11 is 0. The minimum absolute atomic E-state index is 0.321. The molecule has 6 heteroatoms. The van der Waals surface area contributed by atoms with Gasteiger partial charge < -0.3 is 19.5 Å². The van der Waals surface area contributed by atoms with Gasteiger partial charge in [-0.2, -0.15) is 0 Å². The molecule has 1 N–H and O–H groups in total. The number of hydrogen-bond donors (Lipinski definition) is 1. The summed E-state index contributed by atoms with van der Waals surface area (Å²) in [5.41, 5.74) is 3.36. The van der Waals surface area contributed by atoms with Crippen LogP contribution in [0.3, 0.4) is 0 Å². The van der Waals surface area contributed by atoms with Gasteiger partial charge in [0.15, 0.2) is 6.10 Å². The Morgan fingerprint density at radius 1 is 1.00 bits per heavy atom. The molecule has 28 heavy (non-hydrogen) atoms. The van der Waals surface area contributed by atoms with E-state index in [1.807, 2.05) is 12.1 Å². The number of amides is 1. The van der Waals surface area contributed by atoms with Gasteiger partial charge in [0.25, 0.3) is 5.91 Å². The van der Waals surface area contributed by atoms with Gasteiger partial charge in [0, 0.05) is 0 Å². The molecular weight excluding hydrogens is 358 g/mol. The van der Waals surface area contributed by atoms with Crippen LogP contribution in [0.2, 0.25) is 0 Å². The summed E-state index contributed by atoms with van der Waals surface area (Å²) in [4.78, 5) is 24.4. The van der Waals surface area contributed by atoms with Crippen LogP contribution in [0.25, 0.3) is 0 Å². The Bertz CT molecular complexity index is 877. The number of benzene rings is 2. The van der Waals surface area contributed by atoms with E-state index < -0.39 is 12.1 Å². The average molecular weight is 383 g/mol. The molecule has 0 bridgehead atoms. The lowest BCUT2D eigenvalue weighted by Crippen LogP contribution is -2.30. The molecule has 2 aromatic carbocycles. The molecule has 0 saturated heterocycles. The van der Waals surface area contributed by atoms with Crippen LogP contribution >= 0.6 is 0 Å². The zero-order chi connectivity index (χ0) is 20.1. The second kappa shape index (κ2) is 8.78. The van der Waals surface area contributed by atoms with Crippen LogP contribution in [0.5, 0.6) is 11.5 Å². The molecule has 0 saturated carbocycles. The van der Waals surface area contributed by atoms with Crippen molar-refractivity contribution in [3.05, 3.63) is 53.1 Å². The number of carbonyl (C=O) groups excluding carboxylic acids is 2. The Hall–Kier alpha value is -3.02. The second-order valence-electron chi connectivity index (χ2n) is 6.79. The van der Waals surface area contributed by atoms with Crippen LogP contribution in [0.4, 0.5) is 5.69 Å². The van der Waals surface area contributed by atoms with Crippen molar-refractivity contribution >= 4 is 17.6 Å². The van der Waals surface area contributed by atoms with E-state index in [2.05, 4.69) is 11.4 Å². The number of esters is 1. The van der Waals surface area contributed by atoms with Crippen molar-refractivity contribution in [2.24, 2.45) is 0 Å². The highest BCUT2D eigenvalue weighted by molar-refractivity contribution is 5.98. The topological polar surface area (TPSA) is 73.9 Å². The molecular formula is C22H25NO5. The summed E-state index contributed by atoms with van der Waals surface area (Å²) in [6.07, 6.45) is 3.83. The highest BCUT2D eigenvalue weighted by Crippen LogP contribution is 2.28. The molecule has 0 spiro atoms. The van der Waals surface area contributed by atoms with Gasteiger partial charge in [-0.15, -0.1) is 0 Å². The van der Waals surface area contributed by atoms with Crippen LogP contribution < -0.4 is 14.8 Å². The Balaban J connectivity index is 1.71. The van der Waals surface area contributed by atoms with Crippen molar-refractivity contribution in [2.75, 3.05) is 19.5 Å². The first-order valence-corrected chi connectivity index (χ1v) is 9.37. The van der Waals surface area contributed by atoms with Gasteiger partial charge in [0.1, 0.15) is 11.5 Å². The minimum Gasteiger partial charge on any atom is -0.495 e. The van der Waals surface area contributed by atoms with Crippen LogP contribution in [0, 0.1) is 0 Å². The smallest absolute Gasteiger partial charge is 0.337 e. The largest absolute Gasteiger partial charge is 0.495 e. The van der Waals surface area contributed by atoms with E-state index in [1.54, 1.807) is 19.1 Å². The van der Waals surface area contributed by atoms with Crippen LogP contribution in [-0.4, -0.2) is 32.2 Å². The fourth-order valence-electron chi connectivity index (χ4n) is 3.33. The minimum atomic E-state index is -0.715. The number of fused-ring (bicyclic) bond motifs is 1. The maximum atomic E-state index is 12.6. The van der Waals surface area contributed by atoms with E-state index in [0.29, 0.717) is 22.7 Å². The number of nitrogens with one attached hydrogen (secondary N) is 1. The van der Waals surface area contributed by atoms with Gasteiger partial charge in [0.2, 0.25) is 0 Å². The first-order chi connectivity index (χ1) is 13.5. The molecule has 1 amide bonds. The standard InChI is InChI=1S/C22H25NO5/c1-14(28-18-10-8-15-6-4-5-7-16(15)12-18)21(24)23-19-13-17(22(25)27-3)9-11-20(19)26-2/h8-14H,4-7H2,1-3H3,(H,23,24)/t14-/m0/s1. The lowest BCUT2D eigenvalue weighted by molar-refractivity contribution is -0.122. The van der Waals surface area contributed by atoms with Crippen molar-refractivity contribution in [1.82, 2.24) is 0 Å². The summed E-state index contributed by atoms with van der Waals surface area (Å²) < 4.78 is 15.8. The third-order valence-electron chi connectivity index (χ3n) is 4.88. The number of ether oxygens (including phenoxy) is 3. The van der Waals surface area contributed by atoms with Crippen molar-refractivity contribution in [2.45, 2.75) is 38.7 Å². The maximum absolute atomic E-state index is 12.6. The molecule has 0 heterocycles. The Kier molecular flexibility index (Phi) is 6.19. The maximum Gasteiger partial charge on any atom is 0.337 e. The van der Waals surface area contributed by atoms with Crippen molar-refractivity contribution in [3.63, 3.8) is 0 Å². The zero-order valence-electron chi connectivity index (χ0n) is 16.4. The van der Waals surface area contributed by atoms with E-state index >= 15 is 0 Å². The molecule has 3 rings (SSSR count). The summed E-state index contributed by atoms with van der Waals surface area (Å²) in [6, 6.07) is 10.7. The van der Waals surface area contributed by atoms with Gasteiger partial charge in [0.05, 0.1) is 25.5 Å². The third-order valence-corrected chi connectivity index (χ3v) is 4.88. The van der Waals surface area contributed by atoms with E-state index in [0.717, 1.165) is 12.8 Å². The van der Waals surface area contributed by atoms with Gasteiger partial charge in [-0.25, -0.2) is 4.79 Å². The summed E-state index contributed by atoms with van der Waals surface area (Å²) in [5.74, 6) is 0.301. The lowest BCUT2D eigenvalue weighted by Gasteiger charge is -2.19. The van der Waals surface area contributed by atoms with Gasteiger partial charge >= 0.3 is 5.97 Å². The van der Waals surface area contributed by atoms with E-state index in [1.165, 1.54) is 44.3 Å². The summed E-state index contributed by atoms with van der Waals surface area (Å²) in [5, 5.41) is 2.77. The molecule has 1 aliphatic rings. The number of anilines is 1. The monoisotopic (exact) mass is 383 g/mol. The molecule has 0 aliphatic heterocycles. The lowest BCUT2D eigenvalue weighted by atomic mass is 9.92. The van der Waals surface area contributed by atoms with Crippen LogP contribution in [0.1, 0.15) is 41.3 Å². The van der Waals surface area contributed by atoms with Crippen molar-refractivity contribution < 1.29 is 23.8 Å². The molecule has 2 aromatic rings. The molecule has 0 unspecified atom stereocenters. The summed E-state index contributed by atoms with van der Waals surface area (Å²) in [7, 11) is 2.80. The normalized spacial score (nSPS) is 13.8. The number of aryl methyl sites for hydroxylation is 2. The average Bonchev–Trinajstić information content (AvgIpc) is 2.72. The zero-order valence-corrected chi connectivity index (χ0v) is 16.4. The SMILES string of the molecule is COC(=O)c1ccc(OC)c(NC(=O)[C@H](C)Oc2ccc3c(c2)CCCC3)c1. The van der Waals surface area contributed by atoms with Crippen molar-refractivity contribution in [1.29, 1.82) is 0 Å². The third kappa shape index (κ3) is 4.44. The fraction of sp³-hybridized carbons (Fsp3) is 0.364. The molecule has 6 nitrogen and oxygen atoms in total. The van der Waals surface area contributed by atoms with Gasteiger partial charge in [-0.05, 0) is 74.1 Å². The molecule has 0 radical (unpaired) electrons. The Morgan fingerprint density at radius 3 is 2.46 bits per heavy atom. The first kappa shape index (κ1) is 19.7. The van der Waals surface area contributed by atoms with Crippen LogP contribution in [-0.2, 0) is 22.4 Å². The highest BCUT2D eigenvalue weighted by Gasteiger charge is 2.19. The van der Waals surface area contributed by atoms with Crippen molar-refractivity contribution in [3.8, 4) is 11.5 Å². The predicted molar refractivity (Wildman–Crippen MR) is 106 cm³/mol. The summed E-state index contributed by atoms with van der Waals surface area (Å²) in [6.45, 7) is 1.69. The van der Waals surface area contributed by atoms with E-state index in [9.17, 15) is 9.59 Å². The number of rotatable bonds is 6. The second-order valence-corrected chi connectivity index (χ2v) is 6.79. The molecule has 1 aliphatic carbocycles. The Labute approximate surface area is 164 Å². The van der Waals surface area contributed by atoms with E-state index in [4.69, 9.17) is 14.2 Å². The quantitative estimate of drug-likeness (QED) is 0.769. The van der Waals surface area contributed by atoms with E-state index in [-0.39, 0.29) is 5.91 Å². The molecule has 0 fully saturated rings. The highest BCUT2D eigenvalue weighted by atomic mass is 16.5. The molecule has 0 aromatic heterocycles. The number of methoxy groups -OCH3 is 2.